The van der Waals surface area contributed by atoms with Gasteiger partial charge in [0.05, 0.1) is 26.3 Å². The smallest absolute Gasteiger partial charge is 0.254 e. The van der Waals surface area contributed by atoms with Gasteiger partial charge in [0.15, 0.2) is 17.3 Å². The van der Waals surface area contributed by atoms with Crippen molar-refractivity contribution < 1.29 is 9.47 Å². The van der Waals surface area contributed by atoms with Gasteiger partial charge in [-0.15, -0.1) is 5.10 Å². The number of anilines is 1. The van der Waals surface area contributed by atoms with Crippen LogP contribution in [0.5, 0.6) is 11.5 Å². The second kappa shape index (κ2) is 9.42. The van der Waals surface area contributed by atoms with Crippen molar-refractivity contribution in [3.05, 3.63) is 106 Å². The monoisotopic (exact) mass is 494 g/mol. The Kier molecular flexibility index (Phi) is 5.80. The molecule has 0 amide bonds. The summed E-state index contributed by atoms with van der Waals surface area (Å²) in [6.45, 7) is 1.23. The minimum atomic E-state index is -0.497. The molecule has 3 heterocycles. The minimum absolute atomic E-state index is 0.205. The lowest BCUT2D eigenvalue weighted by atomic mass is 10.0. The van der Waals surface area contributed by atoms with Crippen molar-refractivity contribution >= 4 is 16.6 Å². The number of nitrogens with one attached hydrogen (secondary N) is 1. The van der Waals surface area contributed by atoms with Gasteiger partial charge in [-0.3, -0.25) is 4.79 Å². The molecule has 6 rings (SSSR count). The maximum absolute atomic E-state index is 13.6. The molecule has 0 fully saturated rings. The number of aromatic nitrogens is 5. The number of hydrogen-bond donors (Lipinski definition) is 1. The molecule has 0 aliphatic carbocycles. The van der Waals surface area contributed by atoms with E-state index in [4.69, 9.17) is 9.47 Å². The molecule has 0 saturated carbocycles. The fourth-order valence-electron chi connectivity index (χ4n) is 5.11. The summed E-state index contributed by atoms with van der Waals surface area (Å²) in [5, 5.41) is 13.6. The molecule has 0 unspecified atom stereocenters. The van der Waals surface area contributed by atoms with Crippen molar-refractivity contribution in [1.29, 1.82) is 0 Å². The molecule has 1 aliphatic heterocycles. The molecule has 1 atom stereocenters. The molecule has 186 valence electrons. The highest BCUT2D eigenvalue weighted by Crippen LogP contribution is 2.38. The Bertz CT molecular complexity index is 1630. The third kappa shape index (κ3) is 4.08. The molecule has 1 N–H and O–H groups in total. The van der Waals surface area contributed by atoms with Gasteiger partial charge in [0.1, 0.15) is 6.04 Å². The van der Waals surface area contributed by atoms with Crippen LogP contribution in [-0.2, 0) is 13.0 Å². The highest BCUT2D eigenvalue weighted by atomic mass is 16.5. The molecule has 0 radical (unpaired) electrons. The summed E-state index contributed by atoms with van der Waals surface area (Å²) in [4.78, 5) is 18.9. The predicted octanol–water partition coefficient (Wildman–Crippen LogP) is 3.73. The first-order valence-corrected chi connectivity index (χ1v) is 12.1. The number of fused-ring (bicyclic) bond motifs is 2. The first kappa shape index (κ1) is 22.8. The standard InChI is InChI=1S/C28H26N6O3/c1-36-24-15-20-14-21(28(35)29-22(20)16-25(24)37-2)26(33-13-12-19-10-6-7-11-23(19)33)27-30-31-32-34(27)17-18-8-4-3-5-9-18/h3-11,14-16,26H,12-13,17H2,1-2H3,(H,29,35)/t26-/m0/s1. The van der Waals surface area contributed by atoms with Crippen LogP contribution in [0, 0.1) is 0 Å². The maximum atomic E-state index is 13.6. The summed E-state index contributed by atoms with van der Waals surface area (Å²) < 4.78 is 12.7. The van der Waals surface area contributed by atoms with Gasteiger partial charge in [0, 0.05) is 29.2 Å². The van der Waals surface area contributed by atoms with E-state index in [2.05, 4.69) is 37.5 Å². The van der Waals surface area contributed by atoms with Gasteiger partial charge < -0.3 is 19.4 Å². The number of pyridine rings is 1. The van der Waals surface area contributed by atoms with Gasteiger partial charge in [-0.1, -0.05) is 48.5 Å². The number of methoxy groups -OCH3 is 2. The summed E-state index contributed by atoms with van der Waals surface area (Å²) in [5.74, 6) is 1.74. The van der Waals surface area contributed by atoms with E-state index in [-0.39, 0.29) is 5.56 Å². The average molecular weight is 495 g/mol. The highest BCUT2D eigenvalue weighted by Gasteiger charge is 2.34. The average Bonchev–Trinajstić information content (AvgIpc) is 3.57. The molecule has 1 aliphatic rings. The Labute approximate surface area is 213 Å². The van der Waals surface area contributed by atoms with E-state index in [1.165, 1.54) is 5.56 Å². The minimum Gasteiger partial charge on any atom is -0.493 e. The van der Waals surface area contributed by atoms with Gasteiger partial charge in [0.25, 0.3) is 5.56 Å². The van der Waals surface area contributed by atoms with Crippen molar-refractivity contribution in [2.24, 2.45) is 0 Å². The van der Waals surface area contributed by atoms with Crippen LogP contribution < -0.4 is 19.9 Å². The van der Waals surface area contributed by atoms with E-state index in [1.807, 2.05) is 54.6 Å². The van der Waals surface area contributed by atoms with Crippen molar-refractivity contribution in [3.8, 4) is 11.5 Å². The molecule has 9 heteroatoms. The zero-order valence-corrected chi connectivity index (χ0v) is 20.6. The Morgan fingerprint density at radius 2 is 1.73 bits per heavy atom. The van der Waals surface area contributed by atoms with E-state index < -0.39 is 6.04 Å². The van der Waals surface area contributed by atoms with Gasteiger partial charge in [0.2, 0.25) is 0 Å². The topological polar surface area (TPSA) is 98.2 Å². The van der Waals surface area contributed by atoms with Crippen molar-refractivity contribution in [3.63, 3.8) is 0 Å². The first-order valence-electron chi connectivity index (χ1n) is 12.1. The number of rotatable bonds is 7. The lowest BCUT2D eigenvalue weighted by molar-refractivity contribution is 0.356. The second-order valence-electron chi connectivity index (χ2n) is 9.00. The number of H-pyrrole nitrogens is 1. The summed E-state index contributed by atoms with van der Waals surface area (Å²) in [7, 11) is 3.17. The Balaban J connectivity index is 1.53. The third-order valence-corrected chi connectivity index (χ3v) is 6.89. The zero-order chi connectivity index (χ0) is 25.4. The molecule has 0 bridgehead atoms. The number of benzene rings is 3. The number of tetrazole rings is 1. The summed E-state index contributed by atoms with van der Waals surface area (Å²) in [6, 6.07) is 23.4. The number of aromatic amines is 1. The molecule has 2 aromatic heterocycles. The molecule has 3 aromatic carbocycles. The number of hydrogen-bond acceptors (Lipinski definition) is 7. The van der Waals surface area contributed by atoms with Crippen LogP contribution in [0.2, 0.25) is 0 Å². The van der Waals surface area contributed by atoms with E-state index in [1.54, 1.807) is 25.0 Å². The Morgan fingerprint density at radius 1 is 0.973 bits per heavy atom. The molecular formula is C28H26N6O3. The van der Waals surface area contributed by atoms with E-state index in [0.29, 0.717) is 34.9 Å². The van der Waals surface area contributed by atoms with Crippen LogP contribution >= 0.6 is 0 Å². The van der Waals surface area contributed by atoms with Crippen LogP contribution in [0.4, 0.5) is 5.69 Å². The summed E-state index contributed by atoms with van der Waals surface area (Å²) in [5.41, 5.74) is 4.40. The van der Waals surface area contributed by atoms with Crippen LogP contribution in [-0.4, -0.2) is 46.0 Å². The number of ether oxygens (including phenoxy) is 2. The third-order valence-electron chi connectivity index (χ3n) is 6.89. The van der Waals surface area contributed by atoms with Gasteiger partial charge in [-0.2, -0.15) is 0 Å². The van der Waals surface area contributed by atoms with Crippen molar-refractivity contribution in [2.45, 2.75) is 19.0 Å². The van der Waals surface area contributed by atoms with E-state index in [0.717, 1.165) is 29.6 Å². The summed E-state index contributed by atoms with van der Waals surface area (Å²) in [6.07, 6.45) is 0.878. The fourth-order valence-corrected chi connectivity index (χ4v) is 5.11. The van der Waals surface area contributed by atoms with Crippen LogP contribution in [0.1, 0.15) is 28.6 Å². The van der Waals surface area contributed by atoms with Gasteiger partial charge in [-0.05, 0) is 46.2 Å². The molecule has 9 nitrogen and oxygen atoms in total. The normalized spacial score (nSPS) is 13.5. The SMILES string of the molecule is COc1cc2cc([C@@H](c3nnnn3Cc3ccccc3)N3CCc4ccccc43)c(=O)[nH]c2cc1OC. The van der Waals surface area contributed by atoms with E-state index >= 15 is 0 Å². The Morgan fingerprint density at radius 3 is 2.54 bits per heavy atom. The summed E-state index contributed by atoms with van der Waals surface area (Å²) >= 11 is 0. The number of nitrogens with zero attached hydrogens (tertiary/aromatic N) is 5. The second-order valence-corrected chi connectivity index (χ2v) is 9.00. The van der Waals surface area contributed by atoms with E-state index in [9.17, 15) is 4.79 Å². The van der Waals surface area contributed by atoms with Crippen molar-refractivity contribution in [2.75, 3.05) is 25.7 Å². The van der Waals surface area contributed by atoms with Crippen molar-refractivity contribution in [1.82, 2.24) is 25.2 Å². The first-order chi connectivity index (χ1) is 18.2. The van der Waals surface area contributed by atoms with Gasteiger partial charge >= 0.3 is 0 Å². The van der Waals surface area contributed by atoms with Gasteiger partial charge in [-0.25, -0.2) is 4.68 Å². The zero-order valence-electron chi connectivity index (χ0n) is 20.6. The highest BCUT2D eigenvalue weighted by molar-refractivity contribution is 5.83. The van der Waals surface area contributed by atoms with Crippen LogP contribution in [0.15, 0.2) is 77.6 Å². The quantitative estimate of drug-likeness (QED) is 0.368. The fraction of sp³-hybridized carbons (Fsp3) is 0.214. The number of para-hydroxylation sites is 1. The maximum Gasteiger partial charge on any atom is 0.254 e. The Hall–Kier alpha value is -4.66. The lowest BCUT2D eigenvalue weighted by Gasteiger charge is -2.29. The largest absolute Gasteiger partial charge is 0.493 e. The molecular weight excluding hydrogens is 468 g/mol. The predicted molar refractivity (Wildman–Crippen MR) is 140 cm³/mol. The lowest BCUT2D eigenvalue weighted by Crippen LogP contribution is -2.34. The molecule has 5 aromatic rings. The van der Waals surface area contributed by atoms with Crippen LogP contribution in [0.25, 0.3) is 10.9 Å². The molecule has 37 heavy (non-hydrogen) atoms. The molecule has 0 spiro atoms. The van der Waals surface area contributed by atoms with Crippen LogP contribution in [0.3, 0.4) is 0 Å². The molecule has 0 saturated heterocycles.